The third-order valence-corrected chi connectivity index (χ3v) is 4.64. The molecule has 2 saturated carbocycles. The maximum Gasteiger partial charge on any atom is 0.223 e. The Bertz CT molecular complexity index is 493. The topological polar surface area (TPSA) is 55.1 Å². The fourth-order valence-corrected chi connectivity index (χ4v) is 3.05. The van der Waals surface area contributed by atoms with E-state index in [9.17, 15) is 4.79 Å². The second kappa shape index (κ2) is 6.46. The van der Waals surface area contributed by atoms with Gasteiger partial charge in [-0.2, -0.15) is 0 Å². The summed E-state index contributed by atoms with van der Waals surface area (Å²) in [5.74, 6) is 1.33. The summed E-state index contributed by atoms with van der Waals surface area (Å²) >= 11 is 3.47. The lowest BCUT2D eigenvalue weighted by atomic mass is 10.1. The van der Waals surface area contributed by atoms with E-state index >= 15 is 0 Å². The second-order valence-electron chi connectivity index (χ2n) is 5.75. The van der Waals surface area contributed by atoms with Crippen LogP contribution in [0.15, 0.2) is 28.7 Å². The van der Waals surface area contributed by atoms with E-state index in [1.165, 1.54) is 18.4 Å². The number of carbonyl (C=O) groups is 1. The lowest BCUT2D eigenvalue weighted by Crippen LogP contribution is -2.39. The summed E-state index contributed by atoms with van der Waals surface area (Å²) in [6.45, 7) is 0.630. The van der Waals surface area contributed by atoms with E-state index in [-0.39, 0.29) is 30.3 Å². The smallest absolute Gasteiger partial charge is 0.223 e. The highest BCUT2D eigenvalue weighted by atomic mass is 79.9. The van der Waals surface area contributed by atoms with Crippen molar-refractivity contribution in [3.05, 3.63) is 34.3 Å². The Morgan fingerprint density at radius 3 is 2.85 bits per heavy atom. The van der Waals surface area contributed by atoms with Gasteiger partial charge in [-0.15, -0.1) is 12.4 Å². The molecule has 3 rings (SSSR count). The van der Waals surface area contributed by atoms with Crippen LogP contribution in [-0.4, -0.2) is 18.5 Å². The van der Waals surface area contributed by atoms with E-state index < -0.39 is 0 Å². The summed E-state index contributed by atoms with van der Waals surface area (Å²) in [5, 5.41) is 3.00. The van der Waals surface area contributed by atoms with Gasteiger partial charge in [0.25, 0.3) is 0 Å². The lowest BCUT2D eigenvalue weighted by Gasteiger charge is -2.11. The van der Waals surface area contributed by atoms with Gasteiger partial charge in [0.1, 0.15) is 0 Å². The summed E-state index contributed by atoms with van der Waals surface area (Å²) in [4.78, 5) is 12.0. The molecule has 0 radical (unpaired) electrons. The van der Waals surface area contributed by atoms with Crippen LogP contribution in [0.4, 0.5) is 0 Å². The van der Waals surface area contributed by atoms with Gasteiger partial charge in [0.05, 0.1) is 0 Å². The minimum atomic E-state index is 0. The van der Waals surface area contributed by atoms with Crippen LogP contribution in [-0.2, 0) is 4.79 Å². The molecule has 3 nitrogen and oxygen atoms in total. The van der Waals surface area contributed by atoms with Crippen molar-refractivity contribution in [2.24, 2.45) is 17.6 Å². The highest BCUT2D eigenvalue weighted by molar-refractivity contribution is 9.10. The van der Waals surface area contributed by atoms with E-state index in [4.69, 9.17) is 5.73 Å². The van der Waals surface area contributed by atoms with Crippen molar-refractivity contribution in [3.8, 4) is 0 Å². The van der Waals surface area contributed by atoms with E-state index in [1.54, 1.807) is 0 Å². The number of halogens is 2. The van der Waals surface area contributed by atoms with E-state index in [2.05, 4.69) is 33.4 Å². The first-order valence-electron chi connectivity index (χ1n) is 6.94. The van der Waals surface area contributed by atoms with Crippen molar-refractivity contribution in [1.29, 1.82) is 0 Å². The third kappa shape index (κ3) is 3.74. The summed E-state index contributed by atoms with van der Waals surface area (Å²) in [6.07, 6.45) is 3.41. The number of nitrogens with one attached hydrogen (secondary N) is 1. The Labute approximate surface area is 134 Å². The van der Waals surface area contributed by atoms with Gasteiger partial charge in [-0.25, -0.2) is 0 Å². The van der Waals surface area contributed by atoms with Crippen molar-refractivity contribution in [2.45, 2.75) is 31.2 Å². The van der Waals surface area contributed by atoms with Crippen LogP contribution >= 0.6 is 28.3 Å². The van der Waals surface area contributed by atoms with Crippen LogP contribution in [0, 0.1) is 11.8 Å². The first-order chi connectivity index (χ1) is 9.15. The minimum absolute atomic E-state index is 0. The van der Waals surface area contributed by atoms with Crippen molar-refractivity contribution >= 4 is 34.2 Å². The minimum Gasteiger partial charge on any atom is -0.354 e. The molecule has 0 aromatic heterocycles. The van der Waals surface area contributed by atoms with E-state index in [1.807, 2.05) is 12.1 Å². The maximum atomic E-state index is 12.0. The third-order valence-electron chi connectivity index (χ3n) is 4.14. The Hall–Kier alpha value is -0.580. The number of rotatable bonds is 5. The molecule has 5 heteroatoms. The molecule has 1 amide bonds. The Kier molecular flexibility index (Phi) is 5.10. The van der Waals surface area contributed by atoms with E-state index in [0.717, 1.165) is 10.9 Å². The quantitative estimate of drug-likeness (QED) is 0.849. The molecule has 3 atom stereocenters. The summed E-state index contributed by atoms with van der Waals surface area (Å²) < 4.78 is 1.08. The second-order valence-corrected chi connectivity index (χ2v) is 6.67. The molecular weight excluding hydrogens is 340 g/mol. The monoisotopic (exact) mass is 358 g/mol. The molecule has 0 aliphatic heterocycles. The van der Waals surface area contributed by atoms with Gasteiger partial charge in [0.2, 0.25) is 5.91 Å². The number of nitrogens with two attached hydrogens (primary N) is 1. The molecule has 0 saturated heterocycles. The molecule has 2 fully saturated rings. The molecular formula is C15H20BrClN2O. The van der Waals surface area contributed by atoms with Crippen molar-refractivity contribution in [1.82, 2.24) is 5.32 Å². The fourth-order valence-electron chi connectivity index (χ4n) is 2.63. The van der Waals surface area contributed by atoms with Crippen molar-refractivity contribution in [3.63, 3.8) is 0 Å². The molecule has 0 heterocycles. The first kappa shape index (κ1) is 15.8. The predicted molar refractivity (Wildman–Crippen MR) is 85.9 cm³/mol. The highest BCUT2D eigenvalue weighted by Crippen LogP contribution is 2.47. The van der Waals surface area contributed by atoms with Gasteiger partial charge < -0.3 is 11.1 Å². The number of hydrogen-bond donors (Lipinski definition) is 2. The van der Waals surface area contributed by atoms with Crippen molar-refractivity contribution in [2.75, 3.05) is 6.54 Å². The Morgan fingerprint density at radius 2 is 2.20 bits per heavy atom. The van der Waals surface area contributed by atoms with E-state index in [0.29, 0.717) is 18.4 Å². The number of hydrogen-bond acceptors (Lipinski definition) is 2. The Balaban J connectivity index is 0.00000147. The standard InChI is InChI=1S/C15H19BrN2O.ClH/c16-11-3-1-2-10(6-11)12-7-13(12)15(19)18-8-14(17)9-4-5-9;/h1-3,6,9,12-14H,4-5,7-8,17H2,(H,18,19);1H. The van der Waals surface area contributed by atoms with Gasteiger partial charge in [-0.3, -0.25) is 4.79 Å². The average molecular weight is 360 g/mol. The van der Waals surface area contributed by atoms with Crippen LogP contribution in [0.5, 0.6) is 0 Å². The molecule has 3 unspecified atom stereocenters. The molecule has 20 heavy (non-hydrogen) atoms. The normalized spacial score (nSPS) is 25.5. The first-order valence-corrected chi connectivity index (χ1v) is 7.73. The largest absolute Gasteiger partial charge is 0.354 e. The summed E-state index contributed by atoms with van der Waals surface area (Å²) in [5.41, 5.74) is 7.24. The lowest BCUT2D eigenvalue weighted by molar-refractivity contribution is -0.122. The molecule has 110 valence electrons. The average Bonchev–Trinajstić information content (AvgIpc) is 3.28. The number of amides is 1. The molecule has 0 spiro atoms. The van der Waals surface area contributed by atoms with Crippen LogP contribution in [0.1, 0.15) is 30.7 Å². The zero-order chi connectivity index (χ0) is 13.4. The molecule has 1 aromatic carbocycles. The van der Waals surface area contributed by atoms with Crippen molar-refractivity contribution < 1.29 is 4.79 Å². The van der Waals surface area contributed by atoms with Gasteiger partial charge in [0, 0.05) is 23.0 Å². The summed E-state index contributed by atoms with van der Waals surface area (Å²) in [6, 6.07) is 8.38. The van der Waals surface area contributed by atoms with Crippen LogP contribution in [0.2, 0.25) is 0 Å². The predicted octanol–water partition coefficient (Wildman–Crippen LogP) is 2.83. The van der Waals surface area contributed by atoms with Crippen LogP contribution < -0.4 is 11.1 Å². The molecule has 1 aromatic rings. The number of carbonyl (C=O) groups excluding carboxylic acids is 1. The Morgan fingerprint density at radius 1 is 1.45 bits per heavy atom. The van der Waals surface area contributed by atoms with Gasteiger partial charge >= 0.3 is 0 Å². The zero-order valence-corrected chi connectivity index (χ0v) is 13.6. The van der Waals surface area contributed by atoms with Crippen LogP contribution in [0.25, 0.3) is 0 Å². The van der Waals surface area contributed by atoms with Crippen LogP contribution in [0.3, 0.4) is 0 Å². The van der Waals surface area contributed by atoms with Gasteiger partial charge in [-0.1, -0.05) is 28.1 Å². The molecule has 0 bridgehead atoms. The van der Waals surface area contributed by atoms with Gasteiger partial charge in [0.15, 0.2) is 0 Å². The summed E-state index contributed by atoms with van der Waals surface area (Å²) in [7, 11) is 0. The molecule has 3 N–H and O–H groups in total. The fraction of sp³-hybridized carbons (Fsp3) is 0.533. The molecule has 2 aliphatic rings. The number of benzene rings is 1. The zero-order valence-electron chi connectivity index (χ0n) is 11.2. The SMILES string of the molecule is Cl.NC(CNC(=O)C1CC1c1cccc(Br)c1)C1CC1. The van der Waals surface area contributed by atoms with Gasteiger partial charge in [-0.05, 0) is 48.8 Å². The highest BCUT2D eigenvalue weighted by Gasteiger charge is 2.44. The maximum absolute atomic E-state index is 12.0. The molecule has 2 aliphatic carbocycles.